The van der Waals surface area contributed by atoms with Crippen LogP contribution in [0.4, 0.5) is 8.78 Å². The van der Waals surface area contributed by atoms with E-state index >= 15 is 0 Å². The molecular weight excluding hydrogens is 280 g/mol. The van der Waals surface area contributed by atoms with Crippen molar-refractivity contribution in [1.29, 1.82) is 0 Å². The molecular formula is C14H23F2N3O2. The Morgan fingerprint density at radius 3 is 2.81 bits per heavy atom. The highest BCUT2D eigenvalue weighted by Gasteiger charge is 2.44. The summed E-state index contributed by atoms with van der Waals surface area (Å²) in [5.74, 6) is -3.09. The monoisotopic (exact) mass is 303 g/mol. The van der Waals surface area contributed by atoms with Crippen LogP contribution in [0.25, 0.3) is 0 Å². The summed E-state index contributed by atoms with van der Waals surface area (Å²) in [5, 5.41) is 5.50. The van der Waals surface area contributed by atoms with Crippen molar-refractivity contribution in [3.8, 4) is 0 Å². The average molecular weight is 303 g/mol. The molecule has 2 fully saturated rings. The summed E-state index contributed by atoms with van der Waals surface area (Å²) in [7, 11) is 0. The lowest BCUT2D eigenvalue weighted by atomic mass is 10.0. The molecule has 0 aromatic carbocycles. The fourth-order valence-electron chi connectivity index (χ4n) is 2.93. The van der Waals surface area contributed by atoms with Gasteiger partial charge in [0.25, 0.3) is 5.92 Å². The highest BCUT2D eigenvalue weighted by Crippen LogP contribution is 2.26. The van der Waals surface area contributed by atoms with Gasteiger partial charge in [0.05, 0.1) is 12.6 Å². The van der Waals surface area contributed by atoms with E-state index in [-0.39, 0.29) is 17.9 Å². The highest BCUT2D eigenvalue weighted by molar-refractivity contribution is 5.82. The molecule has 0 aliphatic carbocycles. The Morgan fingerprint density at radius 2 is 2.19 bits per heavy atom. The van der Waals surface area contributed by atoms with Gasteiger partial charge < -0.3 is 10.2 Å². The van der Waals surface area contributed by atoms with Gasteiger partial charge in [-0.1, -0.05) is 6.92 Å². The molecule has 2 rings (SSSR count). The summed E-state index contributed by atoms with van der Waals surface area (Å²) in [4.78, 5) is 25.5. The number of likely N-dealkylation sites (tertiary alicyclic amines) is 1. The number of hydrogen-bond acceptors (Lipinski definition) is 3. The van der Waals surface area contributed by atoms with Gasteiger partial charge in [-0.2, -0.15) is 0 Å². The van der Waals surface area contributed by atoms with Crippen molar-refractivity contribution in [3.05, 3.63) is 0 Å². The molecule has 2 saturated heterocycles. The number of alkyl halides is 2. The Hall–Kier alpha value is -1.24. The maximum Gasteiger partial charge on any atom is 0.262 e. The molecule has 0 spiro atoms. The molecule has 7 heteroatoms. The molecule has 2 heterocycles. The van der Waals surface area contributed by atoms with Crippen molar-refractivity contribution in [2.75, 3.05) is 19.6 Å². The summed E-state index contributed by atoms with van der Waals surface area (Å²) in [6.45, 7) is 2.48. The van der Waals surface area contributed by atoms with E-state index in [1.807, 2.05) is 6.92 Å². The third-order valence-corrected chi connectivity index (χ3v) is 3.98. The van der Waals surface area contributed by atoms with E-state index in [1.54, 1.807) is 4.90 Å². The molecule has 21 heavy (non-hydrogen) atoms. The summed E-state index contributed by atoms with van der Waals surface area (Å²) in [6, 6.07) is -0.867. The topological polar surface area (TPSA) is 61.4 Å². The molecule has 2 aliphatic rings. The minimum atomic E-state index is -2.80. The van der Waals surface area contributed by atoms with Crippen LogP contribution in [0.5, 0.6) is 0 Å². The van der Waals surface area contributed by atoms with E-state index in [0.717, 1.165) is 19.3 Å². The number of halogens is 2. The predicted octanol–water partition coefficient (Wildman–Crippen LogP) is 0.891. The summed E-state index contributed by atoms with van der Waals surface area (Å²) >= 11 is 0. The van der Waals surface area contributed by atoms with Gasteiger partial charge in [0.15, 0.2) is 0 Å². The van der Waals surface area contributed by atoms with E-state index in [9.17, 15) is 18.4 Å². The van der Waals surface area contributed by atoms with Crippen molar-refractivity contribution in [2.24, 2.45) is 0 Å². The first-order chi connectivity index (χ1) is 9.91. The molecule has 2 amide bonds. The predicted molar refractivity (Wildman–Crippen MR) is 74.0 cm³/mol. The minimum Gasteiger partial charge on any atom is -0.352 e. The number of piperidine rings is 1. The van der Waals surface area contributed by atoms with Crippen molar-refractivity contribution in [3.63, 3.8) is 0 Å². The number of hydrogen-bond donors (Lipinski definition) is 2. The smallest absolute Gasteiger partial charge is 0.262 e. The number of carbonyl (C=O) groups excluding carboxylic acids is 2. The summed E-state index contributed by atoms with van der Waals surface area (Å²) in [6.07, 6.45) is 2.43. The van der Waals surface area contributed by atoms with E-state index in [4.69, 9.17) is 0 Å². The van der Waals surface area contributed by atoms with Crippen LogP contribution >= 0.6 is 0 Å². The maximum absolute atomic E-state index is 13.2. The van der Waals surface area contributed by atoms with Crippen molar-refractivity contribution in [2.45, 2.75) is 57.0 Å². The van der Waals surface area contributed by atoms with Gasteiger partial charge in [-0.3, -0.25) is 14.9 Å². The van der Waals surface area contributed by atoms with E-state index in [1.165, 1.54) is 0 Å². The second-order valence-corrected chi connectivity index (χ2v) is 5.93. The van der Waals surface area contributed by atoms with Gasteiger partial charge in [0.2, 0.25) is 11.8 Å². The van der Waals surface area contributed by atoms with E-state index < -0.39 is 24.9 Å². The SMILES string of the molecule is CCCC(=O)NC1CCCN(C(=O)C2CC(F)(F)CN2)C1. The van der Waals surface area contributed by atoms with Crippen LogP contribution in [-0.2, 0) is 9.59 Å². The molecule has 5 nitrogen and oxygen atoms in total. The van der Waals surface area contributed by atoms with Crippen LogP contribution in [0.3, 0.4) is 0 Å². The first-order valence-corrected chi connectivity index (χ1v) is 7.60. The number of amides is 2. The second-order valence-electron chi connectivity index (χ2n) is 5.93. The Morgan fingerprint density at radius 1 is 1.43 bits per heavy atom. The molecule has 0 radical (unpaired) electrons. The molecule has 0 aromatic rings. The zero-order valence-electron chi connectivity index (χ0n) is 12.3. The Balaban J connectivity index is 1.86. The molecule has 2 aliphatic heterocycles. The highest BCUT2D eigenvalue weighted by atomic mass is 19.3. The lowest BCUT2D eigenvalue weighted by Gasteiger charge is -2.34. The molecule has 120 valence electrons. The average Bonchev–Trinajstić information content (AvgIpc) is 2.79. The van der Waals surface area contributed by atoms with E-state index in [2.05, 4.69) is 10.6 Å². The van der Waals surface area contributed by atoms with Crippen molar-refractivity contribution >= 4 is 11.8 Å². The molecule has 0 saturated carbocycles. The molecule has 2 N–H and O–H groups in total. The first-order valence-electron chi connectivity index (χ1n) is 7.60. The second kappa shape index (κ2) is 6.68. The van der Waals surface area contributed by atoms with Gasteiger partial charge >= 0.3 is 0 Å². The molecule has 0 aromatic heterocycles. The maximum atomic E-state index is 13.2. The number of nitrogens with one attached hydrogen (secondary N) is 2. The van der Waals surface area contributed by atoms with Crippen LogP contribution in [-0.4, -0.2) is 54.4 Å². The Bertz CT molecular complexity index is 404. The summed E-state index contributed by atoms with van der Waals surface area (Å²) in [5.41, 5.74) is 0. The van der Waals surface area contributed by atoms with Gasteiger partial charge in [0, 0.05) is 32.0 Å². The number of rotatable bonds is 4. The number of nitrogens with zero attached hydrogens (tertiary/aromatic N) is 1. The zero-order valence-corrected chi connectivity index (χ0v) is 12.3. The zero-order chi connectivity index (χ0) is 15.5. The molecule has 2 unspecified atom stereocenters. The largest absolute Gasteiger partial charge is 0.352 e. The van der Waals surface area contributed by atoms with Crippen LogP contribution in [0, 0.1) is 0 Å². The van der Waals surface area contributed by atoms with Gasteiger partial charge in [-0.15, -0.1) is 0 Å². The Kier molecular flexibility index (Phi) is 5.13. The molecule has 2 atom stereocenters. The normalized spacial score (nSPS) is 28.4. The standard InChI is InChI=1S/C14H23F2N3O2/c1-2-4-12(20)18-10-5-3-6-19(8-10)13(21)11-7-14(15,16)9-17-11/h10-11,17H,2-9H2,1H3,(H,18,20). The summed E-state index contributed by atoms with van der Waals surface area (Å²) < 4.78 is 26.3. The van der Waals surface area contributed by atoms with Gasteiger partial charge in [-0.25, -0.2) is 8.78 Å². The van der Waals surface area contributed by atoms with Crippen LogP contribution in [0.1, 0.15) is 39.0 Å². The molecule has 0 bridgehead atoms. The fraction of sp³-hybridized carbons (Fsp3) is 0.857. The number of carbonyl (C=O) groups is 2. The van der Waals surface area contributed by atoms with Gasteiger partial charge in [-0.05, 0) is 19.3 Å². The van der Waals surface area contributed by atoms with Crippen molar-refractivity contribution < 1.29 is 18.4 Å². The lowest BCUT2D eigenvalue weighted by Crippen LogP contribution is -2.53. The van der Waals surface area contributed by atoms with E-state index in [0.29, 0.717) is 19.5 Å². The lowest BCUT2D eigenvalue weighted by molar-refractivity contribution is -0.136. The van der Waals surface area contributed by atoms with Crippen LogP contribution < -0.4 is 10.6 Å². The third kappa shape index (κ3) is 4.36. The minimum absolute atomic E-state index is 0.0117. The van der Waals surface area contributed by atoms with Gasteiger partial charge in [0.1, 0.15) is 0 Å². The quantitative estimate of drug-likeness (QED) is 0.811. The Labute approximate surface area is 123 Å². The van der Waals surface area contributed by atoms with Crippen LogP contribution in [0.15, 0.2) is 0 Å². The fourth-order valence-corrected chi connectivity index (χ4v) is 2.93. The van der Waals surface area contributed by atoms with Crippen LogP contribution in [0.2, 0.25) is 0 Å². The first kappa shape index (κ1) is 16.1. The third-order valence-electron chi connectivity index (χ3n) is 3.98. The van der Waals surface area contributed by atoms with Crippen molar-refractivity contribution in [1.82, 2.24) is 15.5 Å².